The fourth-order valence-corrected chi connectivity index (χ4v) is 3.42. The Kier molecular flexibility index (Phi) is 3.35. The predicted octanol–water partition coefficient (Wildman–Crippen LogP) is 5.59. The molecule has 0 aliphatic heterocycles. The third kappa shape index (κ3) is 2.11. The van der Waals surface area contributed by atoms with Crippen LogP contribution in [-0.4, -0.2) is 9.49 Å². The second-order valence-electron chi connectivity index (χ2n) is 5.38. The standard InChI is InChI=1S/C18H10BrFN2O2/c19-11-8-9-15-13(10-11)12-4-3-5-14(20)18(12)21(15)16-6-1-2-7-17(16)22(23)24/h1-10H. The van der Waals surface area contributed by atoms with Gasteiger partial charge in [-0.05, 0) is 30.3 Å². The van der Waals surface area contributed by atoms with Crippen molar-refractivity contribution in [3.63, 3.8) is 0 Å². The van der Waals surface area contributed by atoms with E-state index in [9.17, 15) is 14.5 Å². The number of nitrogens with zero attached hydrogens (tertiary/aromatic N) is 2. The van der Waals surface area contributed by atoms with Gasteiger partial charge in [-0.1, -0.05) is 40.2 Å². The molecular weight excluding hydrogens is 375 g/mol. The molecule has 4 rings (SSSR count). The number of nitro groups is 1. The molecule has 0 fully saturated rings. The number of rotatable bonds is 2. The molecule has 0 aliphatic rings. The van der Waals surface area contributed by atoms with Gasteiger partial charge in [0.2, 0.25) is 0 Å². The molecule has 0 unspecified atom stereocenters. The summed E-state index contributed by atoms with van der Waals surface area (Å²) in [6.07, 6.45) is 0. The molecule has 0 bridgehead atoms. The Morgan fingerprint density at radius 2 is 1.79 bits per heavy atom. The lowest BCUT2D eigenvalue weighted by atomic mass is 10.1. The number of nitro benzene ring substituents is 1. The van der Waals surface area contributed by atoms with Crippen LogP contribution in [0.2, 0.25) is 0 Å². The molecule has 4 aromatic rings. The molecule has 24 heavy (non-hydrogen) atoms. The van der Waals surface area contributed by atoms with Crippen LogP contribution in [-0.2, 0) is 0 Å². The summed E-state index contributed by atoms with van der Waals surface area (Å²) < 4.78 is 17.1. The topological polar surface area (TPSA) is 48.1 Å². The average Bonchev–Trinajstić information content (AvgIpc) is 2.90. The largest absolute Gasteiger partial charge is 0.300 e. The highest BCUT2D eigenvalue weighted by atomic mass is 79.9. The number of halogens is 2. The highest BCUT2D eigenvalue weighted by Gasteiger charge is 2.21. The van der Waals surface area contributed by atoms with Crippen molar-refractivity contribution < 1.29 is 9.31 Å². The van der Waals surface area contributed by atoms with Gasteiger partial charge in [-0.25, -0.2) is 4.39 Å². The predicted molar refractivity (Wildman–Crippen MR) is 95.1 cm³/mol. The van der Waals surface area contributed by atoms with Gasteiger partial charge >= 0.3 is 0 Å². The highest BCUT2D eigenvalue weighted by Crippen LogP contribution is 2.37. The first-order valence-corrected chi connectivity index (χ1v) is 7.99. The van der Waals surface area contributed by atoms with Crippen LogP contribution in [0, 0.1) is 15.9 Å². The smallest absolute Gasteiger partial charge is 0.293 e. The molecule has 1 heterocycles. The van der Waals surface area contributed by atoms with Crippen molar-refractivity contribution in [2.24, 2.45) is 0 Å². The first kappa shape index (κ1) is 14.8. The van der Waals surface area contributed by atoms with Gasteiger partial charge in [-0.2, -0.15) is 0 Å². The number of hydrogen-bond donors (Lipinski definition) is 0. The zero-order valence-corrected chi connectivity index (χ0v) is 13.8. The van der Waals surface area contributed by atoms with Gasteiger partial charge < -0.3 is 4.57 Å². The summed E-state index contributed by atoms with van der Waals surface area (Å²) in [7, 11) is 0. The third-order valence-electron chi connectivity index (χ3n) is 4.02. The molecular formula is C18H10BrFN2O2. The summed E-state index contributed by atoms with van der Waals surface area (Å²) >= 11 is 3.43. The quantitative estimate of drug-likeness (QED) is 0.333. The summed E-state index contributed by atoms with van der Waals surface area (Å²) in [6.45, 7) is 0. The van der Waals surface area contributed by atoms with E-state index < -0.39 is 10.7 Å². The Morgan fingerprint density at radius 3 is 2.58 bits per heavy atom. The van der Waals surface area contributed by atoms with E-state index in [0.29, 0.717) is 22.1 Å². The van der Waals surface area contributed by atoms with Crippen molar-refractivity contribution in [3.05, 3.63) is 81.1 Å². The van der Waals surface area contributed by atoms with Crippen molar-refractivity contribution >= 4 is 43.4 Å². The zero-order valence-electron chi connectivity index (χ0n) is 12.2. The lowest BCUT2D eigenvalue weighted by molar-refractivity contribution is -0.384. The van der Waals surface area contributed by atoms with Crippen LogP contribution < -0.4 is 0 Å². The molecule has 0 saturated carbocycles. The van der Waals surface area contributed by atoms with E-state index >= 15 is 0 Å². The maximum absolute atomic E-state index is 14.6. The number of para-hydroxylation sites is 3. The van der Waals surface area contributed by atoms with Gasteiger partial charge in [0.05, 0.1) is 16.0 Å². The van der Waals surface area contributed by atoms with Crippen LogP contribution in [0.3, 0.4) is 0 Å². The minimum Gasteiger partial charge on any atom is -0.300 e. The van der Waals surface area contributed by atoms with Crippen molar-refractivity contribution in [2.75, 3.05) is 0 Å². The van der Waals surface area contributed by atoms with Crippen LogP contribution >= 0.6 is 15.9 Å². The molecule has 4 nitrogen and oxygen atoms in total. The highest BCUT2D eigenvalue weighted by molar-refractivity contribution is 9.10. The molecule has 118 valence electrons. The molecule has 0 spiro atoms. The van der Waals surface area contributed by atoms with E-state index in [4.69, 9.17) is 0 Å². The molecule has 6 heteroatoms. The van der Waals surface area contributed by atoms with Gasteiger partial charge in [0.25, 0.3) is 5.69 Å². The fourth-order valence-electron chi connectivity index (χ4n) is 3.06. The van der Waals surface area contributed by atoms with Crippen LogP contribution in [0.1, 0.15) is 0 Å². The van der Waals surface area contributed by atoms with Crippen molar-refractivity contribution in [1.82, 2.24) is 4.57 Å². The molecule has 0 saturated heterocycles. The molecule has 0 amide bonds. The van der Waals surface area contributed by atoms with Gasteiger partial charge in [0, 0.05) is 21.3 Å². The van der Waals surface area contributed by atoms with Crippen LogP contribution in [0.4, 0.5) is 10.1 Å². The third-order valence-corrected chi connectivity index (χ3v) is 4.51. The van der Waals surface area contributed by atoms with Crippen molar-refractivity contribution in [1.29, 1.82) is 0 Å². The van der Waals surface area contributed by atoms with Gasteiger partial charge in [-0.3, -0.25) is 10.1 Å². The minimum absolute atomic E-state index is 0.0672. The second kappa shape index (κ2) is 5.42. The molecule has 0 N–H and O–H groups in total. The van der Waals surface area contributed by atoms with Crippen molar-refractivity contribution in [2.45, 2.75) is 0 Å². The summed E-state index contributed by atoms with van der Waals surface area (Å²) in [5.41, 5.74) is 1.32. The second-order valence-corrected chi connectivity index (χ2v) is 6.29. The Bertz CT molecular complexity index is 1120. The molecule has 1 aromatic heterocycles. The first-order valence-electron chi connectivity index (χ1n) is 7.20. The van der Waals surface area contributed by atoms with E-state index in [1.54, 1.807) is 28.8 Å². The lowest BCUT2D eigenvalue weighted by Gasteiger charge is -2.08. The normalized spacial score (nSPS) is 11.2. The van der Waals surface area contributed by atoms with E-state index in [-0.39, 0.29) is 5.69 Å². The fraction of sp³-hybridized carbons (Fsp3) is 0. The maximum atomic E-state index is 14.6. The van der Waals surface area contributed by atoms with Gasteiger partial charge in [0.15, 0.2) is 0 Å². The Morgan fingerprint density at radius 1 is 1.00 bits per heavy atom. The summed E-state index contributed by atoms with van der Waals surface area (Å²) in [5, 5.41) is 13.0. The van der Waals surface area contributed by atoms with Crippen LogP contribution in [0.25, 0.3) is 27.5 Å². The summed E-state index contributed by atoms with van der Waals surface area (Å²) in [5.74, 6) is -0.419. The first-order chi connectivity index (χ1) is 11.6. The monoisotopic (exact) mass is 384 g/mol. The van der Waals surface area contributed by atoms with Gasteiger partial charge in [0.1, 0.15) is 11.5 Å². The van der Waals surface area contributed by atoms with E-state index in [1.807, 2.05) is 24.3 Å². The Hall–Kier alpha value is -2.73. The molecule has 0 atom stereocenters. The van der Waals surface area contributed by atoms with E-state index in [1.165, 1.54) is 12.1 Å². The lowest BCUT2D eigenvalue weighted by Crippen LogP contribution is -2.00. The summed E-state index contributed by atoms with van der Waals surface area (Å²) in [4.78, 5) is 11.0. The molecule has 0 radical (unpaired) electrons. The van der Waals surface area contributed by atoms with Gasteiger partial charge in [-0.15, -0.1) is 0 Å². The average molecular weight is 385 g/mol. The summed E-state index contributed by atoms with van der Waals surface area (Å²) in [6, 6.07) is 16.7. The number of aromatic nitrogens is 1. The van der Waals surface area contributed by atoms with E-state index in [0.717, 1.165) is 9.86 Å². The number of benzene rings is 3. The number of hydrogen-bond acceptors (Lipinski definition) is 2. The molecule has 3 aromatic carbocycles. The Labute approximate surface area is 144 Å². The van der Waals surface area contributed by atoms with Crippen molar-refractivity contribution in [3.8, 4) is 5.69 Å². The Balaban J connectivity index is 2.25. The van der Waals surface area contributed by atoms with E-state index in [2.05, 4.69) is 15.9 Å². The maximum Gasteiger partial charge on any atom is 0.293 e. The molecule has 0 aliphatic carbocycles. The minimum atomic E-state index is -0.452. The zero-order chi connectivity index (χ0) is 16.8. The number of fused-ring (bicyclic) bond motifs is 3. The SMILES string of the molecule is O=[N+]([O-])c1ccccc1-n1c2ccc(Br)cc2c2cccc(F)c21. The van der Waals surface area contributed by atoms with Crippen LogP contribution in [0.15, 0.2) is 65.1 Å². The van der Waals surface area contributed by atoms with Crippen LogP contribution in [0.5, 0.6) is 0 Å².